The van der Waals surface area contributed by atoms with Gasteiger partial charge in [0, 0.05) is 0 Å². The summed E-state index contributed by atoms with van der Waals surface area (Å²) in [5.74, 6) is 0.255. The minimum absolute atomic E-state index is 0.0191. The molecule has 0 aliphatic heterocycles. The summed E-state index contributed by atoms with van der Waals surface area (Å²) in [7, 11) is 0. The molecule has 4 heteroatoms. The smallest absolute Gasteiger partial charge is 0.336 e. The lowest BCUT2D eigenvalue weighted by Crippen LogP contribution is -2.52. The minimum Gasteiger partial charge on any atom is -0.478 e. The van der Waals surface area contributed by atoms with Gasteiger partial charge in [-0.05, 0) is 91.1 Å². The quantitative estimate of drug-likeness (QED) is 0.494. The maximum absolute atomic E-state index is 12.0. The van der Waals surface area contributed by atoms with Gasteiger partial charge in [-0.15, -0.1) is 0 Å². The lowest BCUT2D eigenvalue weighted by molar-refractivity contribution is -0.0669. The van der Waals surface area contributed by atoms with Gasteiger partial charge in [0.25, 0.3) is 0 Å². The zero-order valence-electron chi connectivity index (χ0n) is 20.0. The van der Waals surface area contributed by atoms with E-state index in [9.17, 15) is 19.8 Å². The van der Waals surface area contributed by atoms with Crippen LogP contribution in [0.3, 0.4) is 0 Å². The van der Waals surface area contributed by atoms with Gasteiger partial charge in [-0.2, -0.15) is 0 Å². The number of benzene rings is 1. The Bertz CT molecular complexity index is 945. The van der Waals surface area contributed by atoms with Crippen LogP contribution in [-0.4, -0.2) is 22.2 Å². The van der Waals surface area contributed by atoms with Crippen molar-refractivity contribution in [3.05, 3.63) is 46.5 Å². The standard InChI is InChI=1S/C28H38O4/c1-17(2)18-9-11-22-19(15-18)10-12-23-27(3,13-6-14-28(22,23)4)16-20-7-5-8-21(25(29)30)24(20)26(31)32/h5,7-8,15,17-18,22-23H,6,9-14,16H2,1-4H3,(H,29,30)(H,31,32)/t18?,22-,23?,27-,28-/m1/s1. The van der Waals surface area contributed by atoms with Crippen LogP contribution >= 0.6 is 0 Å². The summed E-state index contributed by atoms with van der Waals surface area (Å²) in [4.78, 5) is 23.7. The lowest BCUT2D eigenvalue weighted by atomic mass is 9.45. The molecule has 2 N–H and O–H groups in total. The van der Waals surface area contributed by atoms with Crippen LogP contribution in [-0.2, 0) is 6.42 Å². The van der Waals surface area contributed by atoms with E-state index in [1.54, 1.807) is 11.6 Å². The van der Waals surface area contributed by atoms with Crippen LogP contribution in [0.25, 0.3) is 0 Å². The Labute approximate surface area is 192 Å². The Morgan fingerprint density at radius 3 is 2.47 bits per heavy atom. The highest BCUT2D eigenvalue weighted by Gasteiger charge is 2.55. The lowest BCUT2D eigenvalue weighted by Gasteiger charge is -2.60. The number of fused-ring (bicyclic) bond motifs is 3. The van der Waals surface area contributed by atoms with Gasteiger partial charge < -0.3 is 10.2 Å². The summed E-state index contributed by atoms with van der Waals surface area (Å²) >= 11 is 0. The highest BCUT2D eigenvalue weighted by molar-refractivity contribution is 6.02. The molecule has 3 aliphatic rings. The third-order valence-electron chi connectivity index (χ3n) is 9.33. The molecule has 4 nitrogen and oxygen atoms in total. The van der Waals surface area contributed by atoms with Crippen molar-refractivity contribution in [2.24, 2.45) is 34.5 Å². The first kappa shape index (κ1) is 23.1. The van der Waals surface area contributed by atoms with Gasteiger partial charge >= 0.3 is 11.9 Å². The average molecular weight is 439 g/mol. The van der Waals surface area contributed by atoms with Crippen molar-refractivity contribution >= 4 is 11.9 Å². The molecule has 32 heavy (non-hydrogen) atoms. The van der Waals surface area contributed by atoms with Crippen LogP contribution in [0.1, 0.15) is 98.9 Å². The van der Waals surface area contributed by atoms with E-state index in [1.807, 2.05) is 6.07 Å². The predicted octanol–water partition coefficient (Wildman–Crippen LogP) is 6.84. The number of rotatable bonds is 5. The van der Waals surface area contributed by atoms with Crippen molar-refractivity contribution in [2.45, 2.75) is 79.1 Å². The van der Waals surface area contributed by atoms with E-state index in [0.29, 0.717) is 35.7 Å². The van der Waals surface area contributed by atoms with E-state index >= 15 is 0 Å². The molecule has 0 radical (unpaired) electrons. The molecule has 0 amide bonds. The molecule has 0 aromatic heterocycles. The van der Waals surface area contributed by atoms with E-state index in [-0.39, 0.29) is 22.0 Å². The molecular formula is C28H38O4. The third kappa shape index (κ3) is 3.80. The number of carboxylic acids is 2. The second-order valence-electron chi connectivity index (χ2n) is 11.5. The van der Waals surface area contributed by atoms with Crippen molar-refractivity contribution in [1.82, 2.24) is 0 Å². The average Bonchev–Trinajstić information content (AvgIpc) is 2.72. The second-order valence-corrected chi connectivity index (χ2v) is 11.5. The Hall–Kier alpha value is -2.10. The first-order valence-electron chi connectivity index (χ1n) is 12.4. The maximum Gasteiger partial charge on any atom is 0.336 e. The fraction of sp³-hybridized carbons (Fsp3) is 0.643. The maximum atomic E-state index is 12.0. The van der Waals surface area contributed by atoms with Crippen molar-refractivity contribution in [1.29, 1.82) is 0 Å². The highest BCUT2D eigenvalue weighted by atomic mass is 16.4. The van der Waals surface area contributed by atoms with Crippen LogP contribution in [0.5, 0.6) is 0 Å². The molecule has 2 saturated carbocycles. The van der Waals surface area contributed by atoms with Gasteiger partial charge in [0.15, 0.2) is 0 Å². The van der Waals surface area contributed by atoms with Crippen LogP contribution in [0, 0.1) is 34.5 Å². The van der Waals surface area contributed by atoms with Gasteiger partial charge in [-0.3, -0.25) is 0 Å². The first-order chi connectivity index (χ1) is 15.1. The zero-order chi connectivity index (χ0) is 23.3. The first-order valence-corrected chi connectivity index (χ1v) is 12.4. The Kier molecular flexibility index (Phi) is 6.02. The Morgan fingerprint density at radius 2 is 1.81 bits per heavy atom. The van der Waals surface area contributed by atoms with E-state index < -0.39 is 11.9 Å². The minimum atomic E-state index is -1.17. The molecule has 0 bridgehead atoms. The molecule has 0 spiro atoms. The molecule has 1 aromatic rings. The fourth-order valence-electron chi connectivity index (χ4n) is 7.80. The molecule has 0 heterocycles. The monoisotopic (exact) mass is 438 g/mol. The molecule has 3 aliphatic carbocycles. The van der Waals surface area contributed by atoms with Crippen LogP contribution in [0.4, 0.5) is 0 Å². The number of hydrogen-bond acceptors (Lipinski definition) is 2. The molecule has 5 atom stereocenters. The SMILES string of the molecule is CC(C)C1C=C2CCC3[C@@](C)(Cc4cccc(C(=O)O)c4C(=O)O)CCC[C@]3(C)[C@@H]2CC1. The molecule has 2 unspecified atom stereocenters. The largest absolute Gasteiger partial charge is 0.478 e. The van der Waals surface area contributed by atoms with Crippen molar-refractivity contribution in [2.75, 3.05) is 0 Å². The molecule has 1 aromatic carbocycles. The Morgan fingerprint density at radius 1 is 1.06 bits per heavy atom. The molecule has 174 valence electrons. The molecule has 0 saturated heterocycles. The van der Waals surface area contributed by atoms with Crippen LogP contribution in [0.15, 0.2) is 29.8 Å². The van der Waals surface area contributed by atoms with Crippen molar-refractivity contribution in [3.8, 4) is 0 Å². The topological polar surface area (TPSA) is 74.6 Å². The fourth-order valence-corrected chi connectivity index (χ4v) is 7.80. The number of carboxylic acid groups (broad SMARTS) is 2. The molecular weight excluding hydrogens is 400 g/mol. The van der Waals surface area contributed by atoms with Crippen LogP contribution < -0.4 is 0 Å². The van der Waals surface area contributed by atoms with E-state index in [4.69, 9.17) is 0 Å². The molecule has 4 rings (SSSR count). The van der Waals surface area contributed by atoms with Gasteiger partial charge in [0.2, 0.25) is 0 Å². The Balaban J connectivity index is 1.68. The summed E-state index contributed by atoms with van der Waals surface area (Å²) in [6, 6.07) is 4.94. The zero-order valence-corrected chi connectivity index (χ0v) is 20.0. The van der Waals surface area contributed by atoms with Crippen LogP contribution in [0.2, 0.25) is 0 Å². The second kappa shape index (κ2) is 8.35. The molecule has 2 fully saturated rings. The van der Waals surface area contributed by atoms with E-state index in [1.165, 1.54) is 25.3 Å². The van der Waals surface area contributed by atoms with Gasteiger partial charge in [-0.1, -0.05) is 57.9 Å². The van der Waals surface area contributed by atoms with Crippen molar-refractivity contribution in [3.63, 3.8) is 0 Å². The van der Waals surface area contributed by atoms with Gasteiger partial charge in [0.05, 0.1) is 11.1 Å². The van der Waals surface area contributed by atoms with Gasteiger partial charge in [-0.25, -0.2) is 9.59 Å². The summed E-state index contributed by atoms with van der Waals surface area (Å²) in [5, 5.41) is 19.4. The normalized spacial score (nSPS) is 34.4. The van der Waals surface area contributed by atoms with Gasteiger partial charge in [0.1, 0.15) is 0 Å². The number of aromatic carboxylic acids is 2. The third-order valence-corrected chi connectivity index (χ3v) is 9.33. The van der Waals surface area contributed by atoms with Crippen molar-refractivity contribution < 1.29 is 19.8 Å². The number of allylic oxidation sites excluding steroid dienone is 2. The summed E-state index contributed by atoms with van der Waals surface area (Å²) < 4.78 is 0. The summed E-state index contributed by atoms with van der Waals surface area (Å²) in [6.07, 6.45) is 11.6. The number of carbonyl (C=O) groups is 2. The number of hydrogen-bond donors (Lipinski definition) is 2. The predicted molar refractivity (Wildman–Crippen MR) is 126 cm³/mol. The summed E-state index contributed by atoms with van der Waals surface area (Å²) in [6.45, 7) is 9.49. The summed E-state index contributed by atoms with van der Waals surface area (Å²) in [5.41, 5.74) is 2.45. The highest BCUT2D eigenvalue weighted by Crippen LogP contribution is 2.64. The van der Waals surface area contributed by atoms with E-state index in [2.05, 4.69) is 33.8 Å². The van der Waals surface area contributed by atoms with E-state index in [0.717, 1.165) is 25.7 Å².